The molecule has 182 valence electrons. The van der Waals surface area contributed by atoms with Gasteiger partial charge in [-0.05, 0) is 78.8 Å². The third kappa shape index (κ3) is 5.39. The lowest BCUT2D eigenvalue weighted by Crippen LogP contribution is -2.57. The van der Waals surface area contributed by atoms with E-state index in [1.54, 1.807) is 6.92 Å². The molecule has 4 nitrogen and oxygen atoms in total. The molecule has 2 N–H and O–H groups in total. The van der Waals surface area contributed by atoms with Gasteiger partial charge in [0.25, 0.3) is 0 Å². The molecule has 3 aromatic rings. The summed E-state index contributed by atoms with van der Waals surface area (Å²) in [6.45, 7) is 8.33. The Bertz CT molecular complexity index is 1160. The van der Waals surface area contributed by atoms with Crippen molar-refractivity contribution >= 4 is 0 Å². The van der Waals surface area contributed by atoms with E-state index in [1.165, 1.54) is 23.3 Å². The quantitative estimate of drug-likeness (QED) is 0.483. The number of fused-ring (bicyclic) bond motifs is 1. The van der Waals surface area contributed by atoms with Gasteiger partial charge in [-0.1, -0.05) is 45.0 Å². The second-order valence-electron chi connectivity index (χ2n) is 11.0. The fourth-order valence-electron chi connectivity index (χ4n) is 5.12. The van der Waals surface area contributed by atoms with Crippen molar-refractivity contribution in [2.45, 2.75) is 76.5 Å². The van der Waals surface area contributed by atoms with Crippen molar-refractivity contribution in [3.63, 3.8) is 0 Å². The summed E-state index contributed by atoms with van der Waals surface area (Å²) in [5.41, 5.74) is 3.42. The molecule has 4 rings (SSSR count). The first-order valence-corrected chi connectivity index (χ1v) is 11.9. The Labute approximate surface area is 201 Å². The first-order chi connectivity index (χ1) is 15.9. The zero-order valence-corrected chi connectivity index (χ0v) is 20.8. The molecule has 0 bridgehead atoms. The summed E-state index contributed by atoms with van der Waals surface area (Å²) in [4.78, 5) is 0. The fourth-order valence-corrected chi connectivity index (χ4v) is 5.12. The summed E-state index contributed by atoms with van der Waals surface area (Å²) in [5.74, 6) is -1.20. The molecular formula is C28H35F2N3O. The van der Waals surface area contributed by atoms with Crippen molar-refractivity contribution in [2.75, 3.05) is 0 Å². The van der Waals surface area contributed by atoms with Gasteiger partial charge in [-0.15, -0.1) is 0 Å². The molecule has 0 spiro atoms. The number of nitrogens with zero attached hydrogens (tertiary/aromatic N) is 2. The van der Waals surface area contributed by atoms with E-state index < -0.39 is 22.9 Å². The zero-order chi connectivity index (χ0) is 24.7. The minimum atomic E-state index is -1.25. The van der Waals surface area contributed by atoms with Gasteiger partial charge in [0.15, 0.2) is 0 Å². The predicted octanol–water partition coefficient (Wildman–Crippen LogP) is 5.31. The molecule has 2 unspecified atom stereocenters. The lowest BCUT2D eigenvalue weighted by atomic mass is 9.73. The lowest BCUT2D eigenvalue weighted by Gasteiger charge is -2.44. The van der Waals surface area contributed by atoms with Crippen LogP contribution in [0.25, 0.3) is 0 Å². The molecule has 1 heterocycles. The van der Waals surface area contributed by atoms with E-state index in [0.29, 0.717) is 24.8 Å². The number of benzene rings is 2. The Morgan fingerprint density at radius 1 is 1.09 bits per heavy atom. The zero-order valence-electron chi connectivity index (χ0n) is 20.8. The molecule has 0 amide bonds. The topological polar surface area (TPSA) is 50.1 Å². The van der Waals surface area contributed by atoms with Crippen molar-refractivity contribution in [3.8, 4) is 0 Å². The highest BCUT2D eigenvalue weighted by atomic mass is 19.1. The van der Waals surface area contributed by atoms with Crippen molar-refractivity contribution in [1.82, 2.24) is 15.1 Å². The van der Waals surface area contributed by atoms with Gasteiger partial charge in [0.2, 0.25) is 0 Å². The van der Waals surface area contributed by atoms with Crippen LogP contribution in [0, 0.1) is 11.6 Å². The average Bonchev–Trinajstić information content (AvgIpc) is 3.10. The van der Waals surface area contributed by atoms with Gasteiger partial charge < -0.3 is 5.11 Å². The van der Waals surface area contributed by atoms with Crippen LogP contribution in [-0.4, -0.2) is 20.6 Å². The highest BCUT2D eigenvalue weighted by Gasteiger charge is 2.42. The summed E-state index contributed by atoms with van der Waals surface area (Å²) in [7, 11) is 1.93. The molecule has 0 fully saturated rings. The second kappa shape index (κ2) is 8.90. The van der Waals surface area contributed by atoms with Gasteiger partial charge in [0.1, 0.15) is 17.4 Å². The standard InChI is InChI=1S/C28H35F2N3O/c1-26(2,3)21-7-6-8-22(15-21)28(12-10-25-20(17-28)18-33(5)31-25)32-27(4,34)11-9-19-13-23(29)16-24(30)14-19/h6-8,13-16,18,32,34H,9-12,17H2,1-5H3. The van der Waals surface area contributed by atoms with Gasteiger partial charge in [-0.3, -0.25) is 10.00 Å². The molecule has 1 aliphatic rings. The van der Waals surface area contributed by atoms with Crippen LogP contribution in [0.4, 0.5) is 8.78 Å². The summed E-state index contributed by atoms with van der Waals surface area (Å²) in [5, 5.41) is 19.7. The number of hydrogen-bond donors (Lipinski definition) is 2. The monoisotopic (exact) mass is 467 g/mol. The van der Waals surface area contributed by atoms with E-state index in [4.69, 9.17) is 0 Å². The van der Waals surface area contributed by atoms with Crippen molar-refractivity contribution in [2.24, 2.45) is 7.05 Å². The Morgan fingerprint density at radius 3 is 2.47 bits per heavy atom. The summed E-state index contributed by atoms with van der Waals surface area (Å²) >= 11 is 0. The molecule has 34 heavy (non-hydrogen) atoms. The van der Waals surface area contributed by atoms with E-state index in [1.807, 2.05) is 11.7 Å². The predicted molar refractivity (Wildman–Crippen MR) is 130 cm³/mol. The maximum Gasteiger partial charge on any atom is 0.126 e. The average molecular weight is 468 g/mol. The first-order valence-electron chi connectivity index (χ1n) is 11.9. The molecule has 0 saturated carbocycles. The number of halogens is 2. The van der Waals surface area contributed by atoms with Crippen molar-refractivity contribution in [3.05, 3.63) is 88.2 Å². The van der Waals surface area contributed by atoms with Crippen LogP contribution in [-0.2, 0) is 37.3 Å². The number of aliphatic hydroxyl groups is 1. The van der Waals surface area contributed by atoms with Gasteiger partial charge in [0, 0.05) is 19.3 Å². The Kier molecular flexibility index (Phi) is 6.42. The van der Waals surface area contributed by atoms with Gasteiger partial charge >= 0.3 is 0 Å². The van der Waals surface area contributed by atoms with Gasteiger partial charge in [0.05, 0.1) is 11.2 Å². The van der Waals surface area contributed by atoms with Gasteiger partial charge in [-0.25, -0.2) is 8.78 Å². The Morgan fingerprint density at radius 2 is 1.79 bits per heavy atom. The molecule has 0 aliphatic heterocycles. The summed E-state index contributed by atoms with van der Waals surface area (Å²) in [6.07, 6.45) is 5.02. The number of aryl methyl sites for hydroxylation is 3. The van der Waals surface area contributed by atoms with Crippen LogP contribution < -0.4 is 5.32 Å². The van der Waals surface area contributed by atoms with E-state index >= 15 is 0 Å². The third-order valence-corrected chi connectivity index (χ3v) is 6.89. The lowest BCUT2D eigenvalue weighted by molar-refractivity contribution is -0.0219. The maximum atomic E-state index is 13.7. The van der Waals surface area contributed by atoms with E-state index in [0.717, 1.165) is 30.2 Å². The first kappa shape index (κ1) is 24.6. The van der Waals surface area contributed by atoms with Crippen molar-refractivity contribution in [1.29, 1.82) is 0 Å². The minimum absolute atomic E-state index is 0.00466. The van der Waals surface area contributed by atoms with Crippen molar-refractivity contribution < 1.29 is 13.9 Å². The van der Waals surface area contributed by atoms with Crippen LogP contribution in [0.3, 0.4) is 0 Å². The normalized spacial score (nSPS) is 20.1. The maximum absolute atomic E-state index is 13.7. The molecular weight excluding hydrogens is 432 g/mol. The van der Waals surface area contributed by atoms with E-state index in [2.05, 4.69) is 61.6 Å². The molecule has 0 saturated heterocycles. The molecule has 2 aromatic carbocycles. The van der Waals surface area contributed by atoms with Gasteiger partial charge in [-0.2, -0.15) is 5.10 Å². The molecule has 6 heteroatoms. The van der Waals surface area contributed by atoms with Crippen LogP contribution in [0.5, 0.6) is 0 Å². The highest BCUT2D eigenvalue weighted by Crippen LogP contribution is 2.39. The summed E-state index contributed by atoms with van der Waals surface area (Å²) < 4.78 is 29.2. The smallest absolute Gasteiger partial charge is 0.126 e. The largest absolute Gasteiger partial charge is 0.376 e. The molecule has 0 radical (unpaired) electrons. The number of nitrogens with one attached hydrogen (secondary N) is 1. The van der Waals surface area contributed by atoms with Crippen LogP contribution in [0.15, 0.2) is 48.7 Å². The highest BCUT2D eigenvalue weighted by molar-refractivity contribution is 5.38. The fraction of sp³-hybridized carbons (Fsp3) is 0.464. The van der Waals surface area contributed by atoms with Crippen LogP contribution >= 0.6 is 0 Å². The Hall–Kier alpha value is -2.57. The number of aromatic nitrogens is 2. The molecule has 2 atom stereocenters. The van der Waals surface area contributed by atoms with E-state index in [9.17, 15) is 13.9 Å². The SMILES string of the molecule is Cn1cc2c(n1)CCC(NC(C)(O)CCc1cc(F)cc(F)c1)(c1cccc(C(C)(C)C)c1)C2. The third-order valence-electron chi connectivity index (χ3n) is 6.89. The number of rotatable bonds is 6. The van der Waals surface area contributed by atoms with Crippen LogP contribution in [0.2, 0.25) is 0 Å². The molecule has 1 aromatic heterocycles. The van der Waals surface area contributed by atoms with Crippen LogP contribution in [0.1, 0.15) is 68.5 Å². The summed E-state index contributed by atoms with van der Waals surface area (Å²) in [6, 6.07) is 12.1. The molecule has 1 aliphatic carbocycles. The minimum Gasteiger partial charge on any atom is -0.376 e. The van der Waals surface area contributed by atoms with E-state index in [-0.39, 0.29) is 5.41 Å². The Balaban J connectivity index is 1.66. The second-order valence-corrected chi connectivity index (χ2v) is 11.0. The number of hydrogen-bond acceptors (Lipinski definition) is 3.